The Morgan fingerprint density at radius 1 is 1.25 bits per heavy atom. The summed E-state index contributed by atoms with van der Waals surface area (Å²) in [6.07, 6.45) is 6.73. The van der Waals surface area contributed by atoms with Gasteiger partial charge in [-0.05, 0) is 23.8 Å². The molecular formula is C12H12N4. The summed E-state index contributed by atoms with van der Waals surface area (Å²) in [5.74, 6) is 0. The predicted octanol–water partition coefficient (Wildman–Crippen LogP) is 1.78. The van der Waals surface area contributed by atoms with Crippen LogP contribution >= 0.6 is 0 Å². The molecule has 2 aromatic rings. The zero-order valence-corrected chi connectivity index (χ0v) is 8.87. The molecule has 0 N–H and O–H groups in total. The fourth-order valence-electron chi connectivity index (χ4n) is 1.48. The van der Waals surface area contributed by atoms with E-state index in [1.807, 2.05) is 29.1 Å². The minimum atomic E-state index is 0.520. The van der Waals surface area contributed by atoms with Gasteiger partial charge in [-0.2, -0.15) is 10.4 Å². The molecule has 0 atom stereocenters. The van der Waals surface area contributed by atoms with Crippen LogP contribution in [0.25, 0.3) is 0 Å². The minimum absolute atomic E-state index is 0.520. The molecule has 16 heavy (non-hydrogen) atoms. The Bertz CT molecular complexity index is 481. The summed E-state index contributed by atoms with van der Waals surface area (Å²) in [6.45, 7) is 0.745. The molecule has 0 bridgehead atoms. The van der Waals surface area contributed by atoms with Gasteiger partial charge >= 0.3 is 0 Å². The molecule has 0 fully saturated rings. The number of nitriles is 1. The monoisotopic (exact) mass is 212 g/mol. The normalized spacial score (nSPS) is 9.94. The average molecular weight is 212 g/mol. The van der Waals surface area contributed by atoms with Gasteiger partial charge in [-0.1, -0.05) is 0 Å². The van der Waals surface area contributed by atoms with Gasteiger partial charge in [-0.3, -0.25) is 9.67 Å². The van der Waals surface area contributed by atoms with Crippen molar-refractivity contribution in [3.05, 3.63) is 48.0 Å². The van der Waals surface area contributed by atoms with Gasteiger partial charge in [-0.25, -0.2) is 0 Å². The molecule has 0 saturated carbocycles. The highest BCUT2D eigenvalue weighted by molar-refractivity contribution is 5.11. The van der Waals surface area contributed by atoms with Crippen LogP contribution in [0, 0.1) is 11.3 Å². The lowest BCUT2D eigenvalue weighted by Crippen LogP contribution is -2.01. The van der Waals surface area contributed by atoms with Crippen LogP contribution in [0.5, 0.6) is 0 Å². The summed E-state index contributed by atoms with van der Waals surface area (Å²) in [4.78, 5) is 3.97. The summed E-state index contributed by atoms with van der Waals surface area (Å²) in [7, 11) is 0. The Balaban J connectivity index is 2.01. The molecule has 0 aliphatic carbocycles. The molecule has 2 heterocycles. The number of rotatable bonds is 4. The highest BCUT2D eigenvalue weighted by Crippen LogP contribution is 2.03. The number of aromatic nitrogens is 3. The third-order valence-corrected chi connectivity index (χ3v) is 2.28. The molecule has 0 amide bonds. The van der Waals surface area contributed by atoms with E-state index in [0.29, 0.717) is 6.42 Å². The van der Waals surface area contributed by atoms with Gasteiger partial charge in [0.1, 0.15) is 0 Å². The second-order valence-corrected chi connectivity index (χ2v) is 3.52. The lowest BCUT2D eigenvalue weighted by atomic mass is 10.2. The Hall–Kier alpha value is -2.15. The molecule has 0 aliphatic rings. The zero-order chi connectivity index (χ0) is 11.2. The third-order valence-electron chi connectivity index (χ3n) is 2.28. The van der Waals surface area contributed by atoms with Crippen LogP contribution in [0.3, 0.4) is 0 Å². The topological polar surface area (TPSA) is 54.5 Å². The summed E-state index contributed by atoms with van der Waals surface area (Å²) in [6, 6.07) is 8.01. The van der Waals surface area contributed by atoms with E-state index in [1.54, 1.807) is 12.4 Å². The van der Waals surface area contributed by atoms with Gasteiger partial charge in [0, 0.05) is 31.4 Å². The van der Waals surface area contributed by atoms with Crippen LogP contribution < -0.4 is 0 Å². The first-order valence-electron chi connectivity index (χ1n) is 5.16. The maximum absolute atomic E-state index is 8.48. The maximum atomic E-state index is 8.48. The van der Waals surface area contributed by atoms with Crippen molar-refractivity contribution in [3.8, 4) is 6.07 Å². The van der Waals surface area contributed by atoms with Crippen LogP contribution in [0.1, 0.15) is 17.7 Å². The van der Waals surface area contributed by atoms with E-state index in [2.05, 4.69) is 16.2 Å². The number of aryl methyl sites for hydroxylation is 1. The lowest BCUT2D eigenvalue weighted by molar-refractivity contribution is 0.670. The first-order valence-corrected chi connectivity index (χ1v) is 5.16. The molecule has 80 valence electrons. The number of nitrogens with zero attached hydrogens (tertiary/aromatic N) is 4. The second-order valence-electron chi connectivity index (χ2n) is 3.52. The fourth-order valence-corrected chi connectivity index (χ4v) is 1.48. The molecule has 4 nitrogen and oxygen atoms in total. The molecule has 0 saturated heterocycles. The first kappa shape index (κ1) is 10.4. The average Bonchev–Trinajstić information content (AvgIpc) is 2.75. The maximum Gasteiger partial charge on any atom is 0.0660 e. The summed E-state index contributed by atoms with van der Waals surface area (Å²) >= 11 is 0. The Kier molecular flexibility index (Phi) is 3.29. The van der Waals surface area contributed by atoms with Crippen LogP contribution in [0.2, 0.25) is 0 Å². The van der Waals surface area contributed by atoms with E-state index < -0.39 is 0 Å². The molecule has 0 aromatic carbocycles. The van der Waals surface area contributed by atoms with Crippen molar-refractivity contribution in [1.29, 1.82) is 5.26 Å². The standard InChI is InChI=1S/C12H12N4/c13-6-1-2-12-5-9-16(15-12)10-11-3-7-14-8-4-11/h3-5,7-9H,1-2,10H2. The zero-order valence-electron chi connectivity index (χ0n) is 8.87. The SMILES string of the molecule is N#CCCc1ccn(Cc2ccncc2)n1. The quantitative estimate of drug-likeness (QED) is 0.776. The largest absolute Gasteiger partial charge is 0.268 e. The molecule has 0 unspecified atom stereocenters. The van der Waals surface area contributed by atoms with Crippen molar-refractivity contribution < 1.29 is 0 Å². The first-order chi connectivity index (χ1) is 7.88. The molecule has 0 aliphatic heterocycles. The summed E-state index contributed by atoms with van der Waals surface area (Å²) in [5.41, 5.74) is 2.14. The van der Waals surface area contributed by atoms with Crippen molar-refractivity contribution in [2.24, 2.45) is 0 Å². The van der Waals surface area contributed by atoms with E-state index in [4.69, 9.17) is 5.26 Å². The van der Waals surface area contributed by atoms with Gasteiger partial charge in [0.15, 0.2) is 0 Å². The molecule has 2 aromatic heterocycles. The van der Waals surface area contributed by atoms with Gasteiger partial charge < -0.3 is 0 Å². The van der Waals surface area contributed by atoms with Crippen molar-refractivity contribution in [2.75, 3.05) is 0 Å². The van der Waals surface area contributed by atoms with Crippen LogP contribution in [0.15, 0.2) is 36.8 Å². The van der Waals surface area contributed by atoms with E-state index in [1.165, 1.54) is 5.56 Å². The van der Waals surface area contributed by atoms with Crippen molar-refractivity contribution in [1.82, 2.24) is 14.8 Å². The molecule has 2 rings (SSSR count). The van der Waals surface area contributed by atoms with Crippen LogP contribution in [-0.2, 0) is 13.0 Å². The number of pyridine rings is 1. The Morgan fingerprint density at radius 3 is 2.81 bits per heavy atom. The van der Waals surface area contributed by atoms with Crippen LogP contribution in [0.4, 0.5) is 0 Å². The second kappa shape index (κ2) is 5.08. The smallest absolute Gasteiger partial charge is 0.0660 e. The van der Waals surface area contributed by atoms with Crippen molar-refractivity contribution in [2.45, 2.75) is 19.4 Å². The number of hydrogen-bond acceptors (Lipinski definition) is 3. The van der Waals surface area contributed by atoms with E-state index in [9.17, 15) is 0 Å². The molecular weight excluding hydrogens is 200 g/mol. The van der Waals surface area contributed by atoms with Gasteiger partial charge in [-0.15, -0.1) is 0 Å². The van der Waals surface area contributed by atoms with Crippen LogP contribution in [-0.4, -0.2) is 14.8 Å². The van der Waals surface area contributed by atoms with Gasteiger partial charge in [0.2, 0.25) is 0 Å². The van der Waals surface area contributed by atoms with E-state index in [0.717, 1.165) is 18.7 Å². The number of hydrogen-bond donors (Lipinski definition) is 0. The molecule has 4 heteroatoms. The Morgan fingerprint density at radius 2 is 2.06 bits per heavy atom. The summed E-state index contributed by atoms with van der Waals surface area (Å²) < 4.78 is 1.88. The highest BCUT2D eigenvalue weighted by atomic mass is 15.3. The third kappa shape index (κ3) is 2.67. The Labute approximate surface area is 94.2 Å². The lowest BCUT2D eigenvalue weighted by Gasteiger charge is -2.00. The fraction of sp³-hybridized carbons (Fsp3) is 0.250. The van der Waals surface area contributed by atoms with Gasteiger partial charge in [0.05, 0.1) is 18.3 Å². The van der Waals surface area contributed by atoms with Gasteiger partial charge in [0.25, 0.3) is 0 Å². The predicted molar refractivity (Wildman–Crippen MR) is 59.5 cm³/mol. The highest BCUT2D eigenvalue weighted by Gasteiger charge is 1.99. The minimum Gasteiger partial charge on any atom is -0.268 e. The molecule has 0 radical (unpaired) electrons. The van der Waals surface area contributed by atoms with Crippen molar-refractivity contribution in [3.63, 3.8) is 0 Å². The van der Waals surface area contributed by atoms with Crippen molar-refractivity contribution >= 4 is 0 Å². The summed E-state index contributed by atoms with van der Waals surface area (Å²) in [5, 5.41) is 12.9. The van der Waals surface area contributed by atoms with E-state index in [-0.39, 0.29) is 0 Å². The molecule has 0 spiro atoms. The van der Waals surface area contributed by atoms with E-state index >= 15 is 0 Å².